The van der Waals surface area contributed by atoms with Crippen molar-refractivity contribution in [1.82, 2.24) is 9.78 Å². The van der Waals surface area contributed by atoms with Crippen LogP contribution >= 0.6 is 15.9 Å². The van der Waals surface area contributed by atoms with Gasteiger partial charge in [0.05, 0.1) is 22.3 Å². The third-order valence-corrected chi connectivity index (χ3v) is 4.13. The topological polar surface area (TPSA) is 60.9 Å². The average Bonchev–Trinajstić information content (AvgIpc) is 2.65. The molecule has 2 N–H and O–H groups in total. The number of carbonyl (C=O) groups is 1. The van der Waals surface area contributed by atoms with E-state index >= 15 is 0 Å². The fourth-order valence-electron chi connectivity index (χ4n) is 1.95. The summed E-state index contributed by atoms with van der Waals surface area (Å²) in [6, 6.07) is 7.41. The quantitative estimate of drug-likeness (QED) is 0.879. The van der Waals surface area contributed by atoms with Crippen molar-refractivity contribution in [3.05, 3.63) is 51.3 Å². The van der Waals surface area contributed by atoms with E-state index in [0.29, 0.717) is 18.5 Å². The van der Waals surface area contributed by atoms with Crippen LogP contribution in [-0.2, 0) is 20.0 Å². The largest absolute Gasteiger partial charge is 0.326 e. The normalized spacial score (nSPS) is 10.7. The van der Waals surface area contributed by atoms with Crippen molar-refractivity contribution in [1.29, 1.82) is 0 Å². The number of Topliss-reactive ketones (excluding diaryl/α,β-unsaturated/α-hetero) is 1. The van der Waals surface area contributed by atoms with E-state index in [1.807, 2.05) is 38.2 Å². The van der Waals surface area contributed by atoms with Gasteiger partial charge in [0.15, 0.2) is 5.78 Å². The first-order valence-corrected chi connectivity index (χ1v) is 6.82. The molecule has 0 unspecified atom stereocenters. The Morgan fingerprint density at radius 3 is 2.47 bits per heavy atom. The van der Waals surface area contributed by atoms with Crippen LogP contribution in [-0.4, -0.2) is 15.6 Å². The Morgan fingerprint density at radius 1 is 1.37 bits per heavy atom. The van der Waals surface area contributed by atoms with Crippen molar-refractivity contribution in [2.24, 2.45) is 12.8 Å². The number of benzene rings is 1. The number of ketones is 1. The number of nitrogens with zero attached hydrogens (tertiary/aromatic N) is 2. The zero-order valence-corrected chi connectivity index (χ0v) is 12.6. The molecular formula is C14H16BrN3O. The second kappa shape index (κ2) is 5.67. The lowest BCUT2D eigenvalue weighted by Crippen LogP contribution is -2.08. The predicted octanol–water partition coefficient (Wildman–Crippen LogP) is 2.38. The summed E-state index contributed by atoms with van der Waals surface area (Å²) in [6.07, 6.45) is 0.333. The van der Waals surface area contributed by atoms with Gasteiger partial charge in [0.1, 0.15) is 0 Å². The van der Waals surface area contributed by atoms with Crippen molar-refractivity contribution in [3.63, 3.8) is 0 Å². The van der Waals surface area contributed by atoms with Crippen molar-refractivity contribution < 1.29 is 4.79 Å². The first kappa shape index (κ1) is 14.0. The Hall–Kier alpha value is -1.46. The van der Waals surface area contributed by atoms with E-state index in [1.54, 1.807) is 4.68 Å². The Bertz CT molecular complexity index is 602. The molecule has 0 saturated carbocycles. The summed E-state index contributed by atoms with van der Waals surface area (Å²) in [5.41, 5.74) is 9.05. The van der Waals surface area contributed by atoms with Gasteiger partial charge < -0.3 is 5.73 Å². The van der Waals surface area contributed by atoms with Gasteiger partial charge in [-0.2, -0.15) is 5.10 Å². The third kappa shape index (κ3) is 2.93. The van der Waals surface area contributed by atoms with Crippen LogP contribution in [0.2, 0.25) is 0 Å². The number of nitrogens with two attached hydrogens (primary N) is 1. The van der Waals surface area contributed by atoms with Crippen LogP contribution in [0.1, 0.15) is 27.3 Å². The molecular weight excluding hydrogens is 306 g/mol. The van der Waals surface area contributed by atoms with Gasteiger partial charge in [-0.15, -0.1) is 0 Å². The third-order valence-electron chi connectivity index (χ3n) is 3.10. The second-order valence-corrected chi connectivity index (χ2v) is 5.26. The fourth-order valence-corrected chi connectivity index (χ4v) is 2.43. The van der Waals surface area contributed by atoms with Gasteiger partial charge in [-0.3, -0.25) is 9.48 Å². The first-order chi connectivity index (χ1) is 9.02. The van der Waals surface area contributed by atoms with Crippen LogP contribution in [0.4, 0.5) is 0 Å². The van der Waals surface area contributed by atoms with Gasteiger partial charge in [-0.1, -0.05) is 24.3 Å². The van der Waals surface area contributed by atoms with Gasteiger partial charge in [0.25, 0.3) is 0 Å². The smallest absolute Gasteiger partial charge is 0.168 e. The molecule has 0 bridgehead atoms. The summed E-state index contributed by atoms with van der Waals surface area (Å²) >= 11 is 3.47. The lowest BCUT2D eigenvalue weighted by atomic mass is 10.0. The molecule has 1 heterocycles. The van der Waals surface area contributed by atoms with E-state index in [0.717, 1.165) is 21.4 Å². The molecule has 19 heavy (non-hydrogen) atoms. The van der Waals surface area contributed by atoms with E-state index < -0.39 is 0 Å². The van der Waals surface area contributed by atoms with E-state index in [4.69, 9.17) is 5.73 Å². The molecule has 5 heteroatoms. The number of hydrogen-bond donors (Lipinski definition) is 1. The number of aryl methyl sites for hydroxylation is 2. The summed E-state index contributed by atoms with van der Waals surface area (Å²) < 4.78 is 2.65. The van der Waals surface area contributed by atoms with Crippen LogP contribution in [0.15, 0.2) is 28.7 Å². The van der Waals surface area contributed by atoms with Gasteiger partial charge in [-0.25, -0.2) is 0 Å². The SMILES string of the molecule is Cc1nn(C)c(CC(=O)c2ccc(CN)cc2)c1Br. The van der Waals surface area contributed by atoms with E-state index in [2.05, 4.69) is 21.0 Å². The van der Waals surface area contributed by atoms with Crippen LogP contribution in [0.5, 0.6) is 0 Å². The average molecular weight is 322 g/mol. The summed E-state index contributed by atoms with van der Waals surface area (Å²) in [5.74, 6) is 0.0762. The number of carbonyl (C=O) groups excluding carboxylic acids is 1. The van der Waals surface area contributed by atoms with Gasteiger partial charge in [0, 0.05) is 19.2 Å². The summed E-state index contributed by atoms with van der Waals surface area (Å²) in [5, 5.41) is 4.29. The van der Waals surface area contributed by atoms with E-state index in [9.17, 15) is 4.79 Å². The maximum Gasteiger partial charge on any atom is 0.168 e. The Kier molecular flexibility index (Phi) is 4.17. The minimum atomic E-state index is 0.0762. The van der Waals surface area contributed by atoms with Crippen LogP contribution < -0.4 is 5.73 Å². The van der Waals surface area contributed by atoms with Crippen LogP contribution in [0.25, 0.3) is 0 Å². The highest BCUT2D eigenvalue weighted by molar-refractivity contribution is 9.10. The number of hydrogen-bond acceptors (Lipinski definition) is 3. The summed E-state index contributed by atoms with van der Waals surface area (Å²) in [6.45, 7) is 2.40. The fraction of sp³-hybridized carbons (Fsp3) is 0.286. The Balaban J connectivity index is 2.20. The zero-order valence-electron chi connectivity index (χ0n) is 11.0. The molecule has 0 fully saturated rings. The number of rotatable bonds is 4. The van der Waals surface area contributed by atoms with Crippen molar-refractivity contribution in [3.8, 4) is 0 Å². The number of halogens is 1. The molecule has 0 saturated heterocycles. The Labute approximate surface area is 120 Å². The predicted molar refractivity (Wildman–Crippen MR) is 78.0 cm³/mol. The first-order valence-electron chi connectivity index (χ1n) is 6.03. The minimum absolute atomic E-state index is 0.0762. The molecule has 0 aliphatic carbocycles. The monoisotopic (exact) mass is 321 g/mol. The second-order valence-electron chi connectivity index (χ2n) is 4.47. The molecule has 0 radical (unpaired) electrons. The summed E-state index contributed by atoms with van der Waals surface area (Å²) in [4.78, 5) is 12.2. The molecule has 0 aliphatic rings. The molecule has 1 aromatic heterocycles. The maximum absolute atomic E-state index is 12.2. The van der Waals surface area contributed by atoms with Crippen LogP contribution in [0.3, 0.4) is 0 Å². The Morgan fingerprint density at radius 2 is 2.00 bits per heavy atom. The highest BCUT2D eigenvalue weighted by Gasteiger charge is 2.15. The molecule has 2 aromatic rings. The van der Waals surface area contributed by atoms with E-state index in [1.165, 1.54) is 0 Å². The molecule has 100 valence electrons. The molecule has 0 aliphatic heterocycles. The molecule has 2 rings (SSSR count). The number of aromatic nitrogens is 2. The molecule has 0 atom stereocenters. The molecule has 1 aromatic carbocycles. The lowest BCUT2D eigenvalue weighted by molar-refractivity contribution is 0.0990. The standard InChI is InChI=1S/C14H16BrN3O/c1-9-14(15)12(18(2)17-9)7-13(19)11-5-3-10(8-16)4-6-11/h3-6H,7-8,16H2,1-2H3. The highest BCUT2D eigenvalue weighted by Crippen LogP contribution is 2.21. The summed E-state index contributed by atoms with van der Waals surface area (Å²) in [7, 11) is 1.85. The van der Waals surface area contributed by atoms with Gasteiger partial charge >= 0.3 is 0 Å². The van der Waals surface area contributed by atoms with E-state index in [-0.39, 0.29) is 5.78 Å². The van der Waals surface area contributed by atoms with Crippen molar-refractivity contribution in [2.45, 2.75) is 19.9 Å². The van der Waals surface area contributed by atoms with Gasteiger partial charge in [-0.05, 0) is 28.4 Å². The lowest BCUT2D eigenvalue weighted by Gasteiger charge is -2.04. The molecule has 0 spiro atoms. The minimum Gasteiger partial charge on any atom is -0.326 e. The van der Waals surface area contributed by atoms with Gasteiger partial charge in [0.2, 0.25) is 0 Å². The molecule has 0 amide bonds. The molecule has 4 nitrogen and oxygen atoms in total. The van der Waals surface area contributed by atoms with Crippen LogP contribution in [0, 0.1) is 6.92 Å². The zero-order chi connectivity index (χ0) is 14.0. The van der Waals surface area contributed by atoms with Crippen molar-refractivity contribution >= 4 is 21.7 Å². The maximum atomic E-state index is 12.2. The highest BCUT2D eigenvalue weighted by atomic mass is 79.9. The van der Waals surface area contributed by atoms with Crippen molar-refractivity contribution in [2.75, 3.05) is 0 Å².